The Balaban J connectivity index is 1.43. The summed E-state index contributed by atoms with van der Waals surface area (Å²) in [6.07, 6.45) is 6.26. The number of pyridine rings is 2. The Hall–Kier alpha value is -3.28. The molecule has 6 heteroatoms. The summed E-state index contributed by atoms with van der Waals surface area (Å²) in [5.41, 5.74) is 3.62. The minimum absolute atomic E-state index is 0.301. The third-order valence-electron chi connectivity index (χ3n) is 4.15. The molecule has 0 radical (unpaired) electrons. The van der Waals surface area contributed by atoms with Crippen molar-refractivity contribution in [2.24, 2.45) is 0 Å². The van der Waals surface area contributed by atoms with Gasteiger partial charge in [0.1, 0.15) is 23.1 Å². The standard InChI is InChI=1S/C20H16F2N4/c21-16-7-14(8-17(22)9-16)11-25-19-4-3-13(10-24-19)6-15-12-26-20-18(15)2-1-5-23-20/h1-5,7-10,12H,6,11H2,(H,23,26)(H,24,25). The number of halogens is 2. The average molecular weight is 350 g/mol. The maximum absolute atomic E-state index is 13.2. The van der Waals surface area contributed by atoms with E-state index in [0.717, 1.165) is 34.6 Å². The molecule has 0 fully saturated rings. The molecule has 0 atom stereocenters. The van der Waals surface area contributed by atoms with E-state index in [2.05, 4.69) is 20.3 Å². The molecule has 4 rings (SSSR count). The van der Waals surface area contributed by atoms with E-state index in [9.17, 15) is 8.78 Å². The summed E-state index contributed by atoms with van der Waals surface area (Å²) in [7, 11) is 0. The largest absolute Gasteiger partial charge is 0.366 e. The first-order valence-electron chi connectivity index (χ1n) is 8.22. The van der Waals surface area contributed by atoms with Crippen LogP contribution in [0.4, 0.5) is 14.6 Å². The Morgan fingerprint density at radius 2 is 1.81 bits per heavy atom. The van der Waals surface area contributed by atoms with Gasteiger partial charge in [0, 0.05) is 43.0 Å². The molecule has 4 nitrogen and oxygen atoms in total. The van der Waals surface area contributed by atoms with Gasteiger partial charge in [0.25, 0.3) is 0 Å². The lowest BCUT2D eigenvalue weighted by atomic mass is 10.1. The number of hydrogen-bond acceptors (Lipinski definition) is 3. The molecule has 0 spiro atoms. The van der Waals surface area contributed by atoms with E-state index in [1.165, 1.54) is 12.1 Å². The fourth-order valence-corrected chi connectivity index (χ4v) is 2.92. The predicted molar refractivity (Wildman–Crippen MR) is 96.8 cm³/mol. The van der Waals surface area contributed by atoms with Crippen molar-refractivity contribution in [2.75, 3.05) is 5.32 Å². The Labute approximate surface area is 148 Å². The van der Waals surface area contributed by atoms with Gasteiger partial charge in [0.2, 0.25) is 0 Å². The van der Waals surface area contributed by atoms with Crippen LogP contribution < -0.4 is 5.32 Å². The molecule has 0 saturated heterocycles. The van der Waals surface area contributed by atoms with Crippen molar-refractivity contribution in [3.05, 3.63) is 89.4 Å². The quantitative estimate of drug-likeness (QED) is 0.559. The topological polar surface area (TPSA) is 53.6 Å². The van der Waals surface area contributed by atoms with Gasteiger partial charge in [-0.1, -0.05) is 6.07 Å². The van der Waals surface area contributed by atoms with Crippen LogP contribution in [0.15, 0.2) is 61.1 Å². The highest BCUT2D eigenvalue weighted by Gasteiger charge is 2.06. The van der Waals surface area contributed by atoms with Crippen LogP contribution in [-0.2, 0) is 13.0 Å². The summed E-state index contributed by atoms with van der Waals surface area (Å²) in [5.74, 6) is -0.518. The number of aromatic amines is 1. The van der Waals surface area contributed by atoms with Crippen molar-refractivity contribution >= 4 is 16.9 Å². The Bertz CT molecular complexity index is 1020. The number of rotatable bonds is 5. The van der Waals surface area contributed by atoms with Gasteiger partial charge in [0.05, 0.1) is 0 Å². The Morgan fingerprint density at radius 1 is 0.962 bits per heavy atom. The smallest absolute Gasteiger partial charge is 0.137 e. The van der Waals surface area contributed by atoms with Gasteiger partial charge >= 0.3 is 0 Å². The summed E-state index contributed by atoms with van der Waals surface area (Å²) in [6, 6.07) is 11.3. The van der Waals surface area contributed by atoms with Gasteiger partial charge in [-0.15, -0.1) is 0 Å². The van der Waals surface area contributed by atoms with E-state index in [1.54, 1.807) is 12.4 Å². The summed E-state index contributed by atoms with van der Waals surface area (Å²) in [5, 5.41) is 4.17. The first kappa shape index (κ1) is 16.2. The minimum atomic E-state index is -0.585. The highest BCUT2D eigenvalue weighted by Crippen LogP contribution is 2.19. The van der Waals surface area contributed by atoms with Crippen molar-refractivity contribution in [1.29, 1.82) is 0 Å². The fraction of sp³-hybridized carbons (Fsp3) is 0.100. The molecule has 3 heterocycles. The highest BCUT2D eigenvalue weighted by atomic mass is 19.1. The first-order chi connectivity index (χ1) is 12.7. The van der Waals surface area contributed by atoms with Crippen LogP contribution >= 0.6 is 0 Å². The van der Waals surface area contributed by atoms with Crippen LogP contribution in [-0.4, -0.2) is 15.0 Å². The average Bonchev–Trinajstić information content (AvgIpc) is 3.04. The summed E-state index contributed by atoms with van der Waals surface area (Å²) in [6.45, 7) is 0.301. The van der Waals surface area contributed by atoms with Gasteiger partial charge in [-0.2, -0.15) is 0 Å². The van der Waals surface area contributed by atoms with Crippen LogP contribution in [0, 0.1) is 11.6 Å². The van der Waals surface area contributed by atoms with Crippen LogP contribution in [0.1, 0.15) is 16.7 Å². The zero-order valence-corrected chi connectivity index (χ0v) is 13.8. The maximum atomic E-state index is 13.2. The lowest BCUT2D eigenvalue weighted by molar-refractivity contribution is 0.580. The van der Waals surface area contributed by atoms with Crippen LogP contribution in [0.5, 0.6) is 0 Å². The molecule has 0 saturated carbocycles. The molecule has 4 aromatic rings. The molecule has 0 unspecified atom stereocenters. The van der Waals surface area contributed by atoms with Crippen molar-refractivity contribution in [1.82, 2.24) is 15.0 Å². The van der Waals surface area contributed by atoms with E-state index in [-0.39, 0.29) is 0 Å². The van der Waals surface area contributed by atoms with Gasteiger partial charge in [0.15, 0.2) is 0 Å². The lowest BCUT2D eigenvalue weighted by Gasteiger charge is -2.07. The van der Waals surface area contributed by atoms with E-state index in [1.807, 2.05) is 30.5 Å². The molecule has 3 aromatic heterocycles. The molecule has 0 aliphatic heterocycles. The second-order valence-electron chi connectivity index (χ2n) is 6.07. The summed E-state index contributed by atoms with van der Waals surface area (Å²) in [4.78, 5) is 11.8. The Kier molecular flexibility index (Phi) is 4.31. The third-order valence-corrected chi connectivity index (χ3v) is 4.15. The molecule has 26 heavy (non-hydrogen) atoms. The highest BCUT2D eigenvalue weighted by molar-refractivity contribution is 5.79. The monoisotopic (exact) mass is 350 g/mol. The third kappa shape index (κ3) is 3.54. The SMILES string of the molecule is Fc1cc(F)cc(CNc2ccc(Cc3c[nH]c4ncccc34)cn2)c1. The molecule has 0 aliphatic rings. The predicted octanol–water partition coefficient (Wildman–Crippen LogP) is 4.44. The van der Waals surface area contributed by atoms with Crippen LogP contribution in [0.3, 0.4) is 0 Å². The number of benzene rings is 1. The zero-order valence-electron chi connectivity index (χ0n) is 13.8. The number of fused-ring (bicyclic) bond motifs is 1. The van der Waals surface area contributed by atoms with Crippen LogP contribution in [0.2, 0.25) is 0 Å². The number of nitrogens with zero attached hydrogens (tertiary/aromatic N) is 2. The van der Waals surface area contributed by atoms with E-state index < -0.39 is 11.6 Å². The van der Waals surface area contributed by atoms with Gasteiger partial charge in [-0.05, 0) is 47.0 Å². The number of anilines is 1. The van der Waals surface area contributed by atoms with Gasteiger partial charge < -0.3 is 10.3 Å². The second kappa shape index (κ2) is 6.92. The van der Waals surface area contributed by atoms with Gasteiger partial charge in [-0.25, -0.2) is 18.7 Å². The summed E-state index contributed by atoms with van der Waals surface area (Å²) < 4.78 is 26.4. The normalized spacial score (nSPS) is 11.0. The van der Waals surface area contributed by atoms with E-state index in [4.69, 9.17) is 0 Å². The van der Waals surface area contributed by atoms with Crippen molar-refractivity contribution in [3.8, 4) is 0 Å². The Morgan fingerprint density at radius 3 is 2.58 bits per heavy atom. The molecule has 0 aliphatic carbocycles. The number of H-pyrrole nitrogens is 1. The minimum Gasteiger partial charge on any atom is -0.366 e. The van der Waals surface area contributed by atoms with Crippen molar-refractivity contribution in [3.63, 3.8) is 0 Å². The number of nitrogens with one attached hydrogen (secondary N) is 2. The number of aromatic nitrogens is 3. The lowest BCUT2D eigenvalue weighted by Crippen LogP contribution is -2.02. The number of hydrogen-bond donors (Lipinski definition) is 2. The maximum Gasteiger partial charge on any atom is 0.137 e. The summed E-state index contributed by atoms with van der Waals surface area (Å²) >= 11 is 0. The van der Waals surface area contributed by atoms with Gasteiger partial charge in [-0.3, -0.25) is 0 Å². The molecule has 0 amide bonds. The molecular formula is C20H16F2N4. The van der Waals surface area contributed by atoms with Crippen molar-refractivity contribution in [2.45, 2.75) is 13.0 Å². The fourth-order valence-electron chi connectivity index (χ4n) is 2.92. The second-order valence-corrected chi connectivity index (χ2v) is 6.07. The molecule has 1 aromatic carbocycles. The van der Waals surface area contributed by atoms with E-state index in [0.29, 0.717) is 17.9 Å². The molecular weight excluding hydrogens is 334 g/mol. The van der Waals surface area contributed by atoms with E-state index >= 15 is 0 Å². The molecule has 2 N–H and O–H groups in total. The molecule has 0 bridgehead atoms. The van der Waals surface area contributed by atoms with Crippen molar-refractivity contribution < 1.29 is 8.78 Å². The zero-order chi connectivity index (χ0) is 17.9. The first-order valence-corrected chi connectivity index (χ1v) is 8.22. The van der Waals surface area contributed by atoms with Crippen LogP contribution in [0.25, 0.3) is 11.0 Å². The molecule has 130 valence electrons.